The molecule has 0 aromatic heterocycles. The van der Waals surface area contributed by atoms with E-state index in [0.717, 1.165) is 11.6 Å². The molecule has 4 nitrogen and oxygen atoms in total. The lowest BCUT2D eigenvalue weighted by Gasteiger charge is -2.26. The molecule has 0 fully saturated rings. The van der Waals surface area contributed by atoms with Crippen LogP contribution in [-0.4, -0.2) is 30.6 Å². The van der Waals surface area contributed by atoms with Gasteiger partial charge < -0.3 is 5.11 Å². The van der Waals surface area contributed by atoms with Gasteiger partial charge in [-0.3, -0.25) is 0 Å². The van der Waals surface area contributed by atoms with Crippen LogP contribution in [0.4, 0.5) is 13.2 Å². The smallest absolute Gasteiger partial charge is 0.366 e. The molecule has 0 bridgehead atoms. The second kappa shape index (κ2) is 9.11. The summed E-state index contributed by atoms with van der Waals surface area (Å²) < 4.78 is 67.9. The lowest BCUT2D eigenvalue weighted by atomic mass is 9.93. The SMILES string of the molecule is CCCCN(C#CC(O)(c1cccc(C)c1)C(F)(F)F)S(=O)(=O)c1ccc(C)cc1. The highest BCUT2D eigenvalue weighted by Crippen LogP contribution is 2.38. The number of alkyl halides is 3. The third-order valence-corrected chi connectivity index (χ3v) is 6.25. The van der Waals surface area contributed by atoms with E-state index < -0.39 is 27.4 Å². The number of halogens is 3. The van der Waals surface area contributed by atoms with E-state index in [1.54, 1.807) is 38.0 Å². The maximum absolute atomic E-state index is 13.8. The number of hydrogen-bond donors (Lipinski definition) is 1. The summed E-state index contributed by atoms with van der Waals surface area (Å²) in [5, 5.41) is 10.5. The van der Waals surface area contributed by atoms with Crippen molar-refractivity contribution in [1.29, 1.82) is 0 Å². The summed E-state index contributed by atoms with van der Waals surface area (Å²) in [6.07, 6.45) is -4.12. The minimum absolute atomic E-state index is 0.0791. The average molecular weight is 439 g/mol. The number of rotatable bonds is 6. The highest BCUT2D eigenvalue weighted by Gasteiger charge is 2.54. The summed E-state index contributed by atoms with van der Waals surface area (Å²) in [7, 11) is -4.17. The fourth-order valence-corrected chi connectivity index (χ4v) is 3.97. The van der Waals surface area contributed by atoms with Crippen molar-refractivity contribution in [2.45, 2.75) is 50.3 Å². The molecule has 162 valence electrons. The maximum atomic E-state index is 13.8. The second-order valence-electron chi connectivity index (χ2n) is 7.06. The van der Waals surface area contributed by atoms with Crippen molar-refractivity contribution in [3.8, 4) is 12.0 Å². The van der Waals surface area contributed by atoms with E-state index in [9.17, 15) is 26.7 Å². The minimum atomic E-state index is -5.13. The Morgan fingerprint density at radius 1 is 1.03 bits per heavy atom. The molecule has 8 heteroatoms. The van der Waals surface area contributed by atoms with Crippen LogP contribution in [0.25, 0.3) is 0 Å². The maximum Gasteiger partial charge on any atom is 0.433 e. The van der Waals surface area contributed by atoms with Gasteiger partial charge in [0.25, 0.3) is 10.0 Å². The Morgan fingerprint density at radius 3 is 2.20 bits per heavy atom. The van der Waals surface area contributed by atoms with E-state index in [-0.39, 0.29) is 11.4 Å². The average Bonchev–Trinajstić information content (AvgIpc) is 2.67. The summed E-state index contributed by atoms with van der Waals surface area (Å²) in [6, 6.07) is 13.3. The van der Waals surface area contributed by atoms with Gasteiger partial charge in [0.1, 0.15) is 0 Å². The molecule has 0 radical (unpaired) electrons. The van der Waals surface area contributed by atoms with Crippen molar-refractivity contribution in [1.82, 2.24) is 4.31 Å². The number of unbranched alkanes of at least 4 members (excludes halogenated alkanes) is 1. The van der Waals surface area contributed by atoms with Crippen molar-refractivity contribution >= 4 is 10.0 Å². The zero-order valence-corrected chi connectivity index (χ0v) is 17.8. The first kappa shape index (κ1) is 23.8. The van der Waals surface area contributed by atoms with Gasteiger partial charge >= 0.3 is 6.18 Å². The Bertz CT molecular complexity index is 1040. The van der Waals surface area contributed by atoms with Crippen molar-refractivity contribution < 1.29 is 26.7 Å². The van der Waals surface area contributed by atoms with E-state index in [1.807, 2.05) is 6.92 Å². The molecule has 0 spiro atoms. The largest absolute Gasteiger partial charge is 0.433 e. The molecule has 1 unspecified atom stereocenters. The van der Waals surface area contributed by atoms with Gasteiger partial charge in [-0.05, 0) is 38.3 Å². The zero-order chi connectivity index (χ0) is 22.6. The molecule has 0 heterocycles. The van der Waals surface area contributed by atoms with Crippen LogP contribution in [0.1, 0.15) is 36.5 Å². The first-order chi connectivity index (χ1) is 13.9. The molecular formula is C22H24F3NO3S. The van der Waals surface area contributed by atoms with Gasteiger partial charge in [0.15, 0.2) is 0 Å². The summed E-state index contributed by atoms with van der Waals surface area (Å²) >= 11 is 0. The zero-order valence-electron chi connectivity index (χ0n) is 17.0. The molecular weight excluding hydrogens is 415 g/mol. The van der Waals surface area contributed by atoms with Crippen LogP contribution >= 0.6 is 0 Å². The summed E-state index contributed by atoms with van der Waals surface area (Å²) in [5.74, 6) is 1.80. The van der Waals surface area contributed by atoms with Gasteiger partial charge in [-0.15, -0.1) is 0 Å². The van der Waals surface area contributed by atoms with Gasteiger partial charge in [0.05, 0.1) is 4.90 Å². The fraction of sp³-hybridized carbons (Fsp3) is 0.364. The van der Waals surface area contributed by atoms with Crippen LogP contribution in [0.15, 0.2) is 53.4 Å². The minimum Gasteiger partial charge on any atom is -0.366 e. The molecule has 2 aromatic rings. The molecule has 0 saturated heterocycles. The van der Waals surface area contributed by atoms with Crippen LogP contribution in [0.3, 0.4) is 0 Å². The van der Waals surface area contributed by atoms with E-state index >= 15 is 0 Å². The topological polar surface area (TPSA) is 57.6 Å². The Morgan fingerprint density at radius 2 is 1.67 bits per heavy atom. The van der Waals surface area contributed by atoms with Gasteiger partial charge in [-0.25, -0.2) is 12.7 Å². The number of aliphatic hydroxyl groups is 1. The Balaban J connectivity index is 2.57. The molecule has 1 N–H and O–H groups in total. The van der Waals surface area contributed by atoms with Crippen molar-refractivity contribution in [2.75, 3.05) is 6.54 Å². The molecule has 30 heavy (non-hydrogen) atoms. The number of hydrogen-bond acceptors (Lipinski definition) is 3. The Hall–Kier alpha value is -2.50. The van der Waals surface area contributed by atoms with E-state index in [0.29, 0.717) is 22.7 Å². The predicted molar refractivity (Wildman–Crippen MR) is 109 cm³/mol. The van der Waals surface area contributed by atoms with E-state index in [2.05, 4.69) is 6.04 Å². The van der Waals surface area contributed by atoms with Gasteiger partial charge in [0.2, 0.25) is 5.60 Å². The van der Waals surface area contributed by atoms with Crippen LogP contribution in [-0.2, 0) is 15.6 Å². The first-order valence-electron chi connectivity index (χ1n) is 9.40. The fourth-order valence-electron chi connectivity index (χ4n) is 2.70. The number of benzene rings is 2. The third-order valence-electron chi connectivity index (χ3n) is 4.53. The van der Waals surface area contributed by atoms with Gasteiger partial charge in [-0.1, -0.05) is 60.9 Å². The molecule has 0 saturated carbocycles. The monoisotopic (exact) mass is 439 g/mol. The quantitative estimate of drug-likeness (QED) is 0.532. The predicted octanol–water partition coefficient (Wildman–Crippen LogP) is 4.51. The summed E-state index contributed by atoms with van der Waals surface area (Å²) in [6.45, 7) is 5.10. The molecule has 0 aliphatic rings. The van der Waals surface area contributed by atoms with Gasteiger partial charge in [0, 0.05) is 18.2 Å². The van der Waals surface area contributed by atoms with Crippen molar-refractivity contribution in [2.24, 2.45) is 0 Å². The van der Waals surface area contributed by atoms with E-state index in [1.165, 1.54) is 24.3 Å². The molecule has 0 aliphatic carbocycles. The molecule has 2 aromatic carbocycles. The molecule has 0 amide bonds. The Kier molecular flexibility index (Phi) is 7.22. The second-order valence-corrected chi connectivity index (χ2v) is 8.92. The van der Waals surface area contributed by atoms with Crippen LogP contribution in [0, 0.1) is 25.8 Å². The summed E-state index contributed by atoms with van der Waals surface area (Å²) in [5.41, 5.74) is -2.63. The lowest BCUT2D eigenvalue weighted by molar-refractivity contribution is -0.240. The van der Waals surface area contributed by atoms with Crippen molar-refractivity contribution in [3.63, 3.8) is 0 Å². The standard InChI is InChI=1S/C22H24F3NO3S/c1-4-5-14-26(30(28,29)20-11-9-17(2)10-12-20)15-13-21(27,22(23,24)25)19-8-6-7-18(3)16-19/h6-12,16,27H,4-5,14H2,1-3H3. The lowest BCUT2D eigenvalue weighted by Crippen LogP contribution is -2.41. The normalized spacial score (nSPS) is 13.8. The van der Waals surface area contributed by atoms with Gasteiger partial charge in [-0.2, -0.15) is 13.2 Å². The van der Waals surface area contributed by atoms with Crippen LogP contribution in [0.2, 0.25) is 0 Å². The highest BCUT2D eigenvalue weighted by molar-refractivity contribution is 7.89. The third kappa shape index (κ3) is 5.15. The Labute approximate surface area is 175 Å². The van der Waals surface area contributed by atoms with E-state index in [4.69, 9.17) is 0 Å². The first-order valence-corrected chi connectivity index (χ1v) is 10.8. The van der Waals surface area contributed by atoms with Crippen LogP contribution in [0.5, 0.6) is 0 Å². The molecule has 0 aliphatic heterocycles. The summed E-state index contributed by atoms with van der Waals surface area (Å²) in [4.78, 5) is -0.0791. The number of sulfonamides is 1. The van der Waals surface area contributed by atoms with Crippen molar-refractivity contribution in [3.05, 3.63) is 65.2 Å². The van der Waals surface area contributed by atoms with Crippen LogP contribution < -0.4 is 0 Å². The molecule has 1 atom stereocenters. The molecule has 2 rings (SSSR count). The highest BCUT2D eigenvalue weighted by atomic mass is 32.2. The number of aryl methyl sites for hydroxylation is 2. The number of nitrogens with zero attached hydrogens (tertiary/aromatic N) is 1.